The highest BCUT2D eigenvalue weighted by molar-refractivity contribution is 5.34. The van der Waals surface area contributed by atoms with Gasteiger partial charge in [-0.1, -0.05) is 12.1 Å². The number of methoxy groups -OCH3 is 1. The summed E-state index contributed by atoms with van der Waals surface area (Å²) in [7, 11) is 8.53. The number of quaternary nitrogens is 1. The van der Waals surface area contributed by atoms with Crippen molar-refractivity contribution < 1.29 is 19.1 Å². The largest absolute Gasteiger partial charge is 0.554 e. The van der Waals surface area contributed by atoms with Crippen molar-refractivity contribution in [3.8, 4) is 5.75 Å². The number of carbonyl (C=O) groups is 1. The maximum atomic E-state index is 8.25. The van der Waals surface area contributed by atoms with Gasteiger partial charge in [0.05, 0.1) is 34.8 Å². The minimum absolute atomic E-state index is 0.500. The lowest BCUT2D eigenvalue weighted by atomic mass is 10.1. The van der Waals surface area contributed by atoms with Crippen LogP contribution in [0.5, 0.6) is 5.75 Å². The van der Waals surface area contributed by atoms with Crippen LogP contribution in [0.2, 0.25) is 0 Å². The van der Waals surface area contributed by atoms with E-state index in [9.17, 15) is 0 Å². The van der Waals surface area contributed by atoms with Crippen LogP contribution in [0.15, 0.2) is 24.3 Å². The molecule has 0 saturated heterocycles. The van der Waals surface area contributed by atoms with Crippen LogP contribution in [0.3, 0.4) is 0 Å². The van der Waals surface area contributed by atoms with Gasteiger partial charge in [-0.15, -0.1) is 0 Å². The molecule has 0 aliphatic heterocycles. The average molecular weight is 265 g/mol. The quantitative estimate of drug-likeness (QED) is 0.599. The molecule has 1 aromatic rings. The monoisotopic (exact) mass is 265 g/mol. The number of ether oxygens (including phenoxy) is 1. The predicted octanol–water partition coefficient (Wildman–Crippen LogP) is 0.871. The maximum Gasteiger partial charge on any atom is 0.119 e. The first-order valence-corrected chi connectivity index (χ1v) is 6.41. The second-order valence-electron chi connectivity index (χ2n) is 5.95. The highest BCUT2D eigenvalue weighted by Crippen LogP contribution is 2.48. The Labute approximate surface area is 115 Å². The van der Waals surface area contributed by atoms with Crippen molar-refractivity contribution in [2.24, 2.45) is 5.92 Å². The second-order valence-corrected chi connectivity index (χ2v) is 5.95. The molecule has 1 saturated carbocycles. The molecule has 4 heteroatoms. The van der Waals surface area contributed by atoms with E-state index in [0.717, 1.165) is 22.1 Å². The summed E-state index contributed by atoms with van der Waals surface area (Å²) in [4.78, 5) is 8.25. The Balaban J connectivity index is 0.000000550. The average Bonchev–Trinajstić information content (AvgIpc) is 3.07. The minimum Gasteiger partial charge on any atom is -0.554 e. The van der Waals surface area contributed by atoms with Crippen molar-refractivity contribution in [1.82, 2.24) is 0 Å². The summed E-state index contributed by atoms with van der Waals surface area (Å²) in [5.74, 6) is 2.59. The minimum atomic E-state index is -0.500. The van der Waals surface area contributed by atoms with Gasteiger partial charge < -0.3 is 19.1 Å². The zero-order valence-electron chi connectivity index (χ0n) is 12.1. The van der Waals surface area contributed by atoms with E-state index in [0.29, 0.717) is 0 Å². The first kappa shape index (κ1) is 15.5. The Morgan fingerprint density at radius 1 is 1.42 bits per heavy atom. The van der Waals surface area contributed by atoms with Crippen LogP contribution in [0.1, 0.15) is 17.9 Å². The Morgan fingerprint density at radius 3 is 2.58 bits per heavy atom. The van der Waals surface area contributed by atoms with Gasteiger partial charge in [0, 0.05) is 12.4 Å². The number of carbonyl (C=O) groups excluding carboxylic acids is 1. The SMILES string of the molecule is COc1cccc(C2CC2C[N+](C)(C)C)c1.O=C[O-]. The third-order valence-corrected chi connectivity index (χ3v) is 3.23. The standard InChI is InChI=1S/C14H22NO.CH2O2/c1-15(2,3)10-12-9-14(12)11-6-5-7-13(8-11)16-4;2-1-3/h5-8,12,14H,9-10H2,1-4H3;1H,(H,2,3)/q+1;/p-1. The Bertz CT molecular complexity index is 412. The first-order chi connectivity index (χ1) is 8.91. The lowest BCUT2D eigenvalue weighted by Gasteiger charge is -2.23. The molecule has 2 unspecified atom stereocenters. The molecule has 0 spiro atoms. The summed E-state index contributed by atoms with van der Waals surface area (Å²) < 4.78 is 6.33. The zero-order chi connectivity index (χ0) is 14.5. The summed E-state index contributed by atoms with van der Waals surface area (Å²) in [5.41, 5.74) is 1.44. The van der Waals surface area contributed by atoms with Crippen molar-refractivity contribution in [1.29, 1.82) is 0 Å². The maximum absolute atomic E-state index is 8.25. The number of benzene rings is 1. The fourth-order valence-corrected chi connectivity index (χ4v) is 2.43. The van der Waals surface area contributed by atoms with E-state index in [1.54, 1.807) is 7.11 Å². The Kier molecular flexibility index (Phi) is 5.36. The van der Waals surface area contributed by atoms with E-state index in [1.807, 2.05) is 6.07 Å². The van der Waals surface area contributed by atoms with Crippen LogP contribution in [0.4, 0.5) is 0 Å². The fourth-order valence-electron chi connectivity index (χ4n) is 2.43. The molecular formula is C15H23NO3. The lowest BCUT2D eigenvalue weighted by Crippen LogP contribution is -2.36. The summed E-state index contributed by atoms with van der Waals surface area (Å²) in [5, 5.41) is 8.25. The van der Waals surface area contributed by atoms with Crippen LogP contribution < -0.4 is 9.84 Å². The van der Waals surface area contributed by atoms with Crippen LogP contribution in [-0.2, 0) is 4.79 Å². The summed E-state index contributed by atoms with van der Waals surface area (Å²) in [6.45, 7) is 0.766. The van der Waals surface area contributed by atoms with Gasteiger partial charge in [0.15, 0.2) is 0 Å². The number of hydrogen-bond acceptors (Lipinski definition) is 3. The molecular weight excluding hydrogens is 242 g/mol. The van der Waals surface area contributed by atoms with E-state index in [1.165, 1.54) is 18.5 Å². The molecule has 4 nitrogen and oxygen atoms in total. The van der Waals surface area contributed by atoms with E-state index in [4.69, 9.17) is 14.6 Å². The van der Waals surface area contributed by atoms with E-state index in [-0.39, 0.29) is 0 Å². The smallest absolute Gasteiger partial charge is 0.119 e. The highest BCUT2D eigenvalue weighted by atomic mass is 16.5. The normalized spacial score (nSPS) is 21.1. The molecule has 19 heavy (non-hydrogen) atoms. The van der Waals surface area contributed by atoms with E-state index in [2.05, 4.69) is 39.3 Å². The summed E-state index contributed by atoms with van der Waals surface area (Å²) in [6, 6.07) is 8.51. The van der Waals surface area contributed by atoms with Gasteiger partial charge in [-0.2, -0.15) is 0 Å². The second kappa shape index (κ2) is 6.57. The molecule has 1 aliphatic rings. The van der Waals surface area contributed by atoms with Crippen molar-refractivity contribution in [3.05, 3.63) is 29.8 Å². The number of nitrogens with zero attached hydrogens (tertiary/aromatic N) is 1. The summed E-state index contributed by atoms with van der Waals surface area (Å²) >= 11 is 0. The van der Waals surface area contributed by atoms with Gasteiger partial charge in [0.25, 0.3) is 0 Å². The van der Waals surface area contributed by atoms with Crippen LogP contribution in [0, 0.1) is 5.92 Å². The van der Waals surface area contributed by atoms with Crippen molar-refractivity contribution >= 4 is 6.47 Å². The molecule has 0 aromatic heterocycles. The molecule has 0 bridgehead atoms. The topological polar surface area (TPSA) is 49.4 Å². The van der Waals surface area contributed by atoms with Crippen LogP contribution in [-0.4, -0.2) is 45.8 Å². The number of hydrogen-bond donors (Lipinski definition) is 0. The molecule has 0 N–H and O–H groups in total. The zero-order valence-corrected chi connectivity index (χ0v) is 12.1. The molecule has 2 atom stereocenters. The van der Waals surface area contributed by atoms with Crippen LogP contribution >= 0.6 is 0 Å². The Hall–Kier alpha value is -1.55. The lowest BCUT2D eigenvalue weighted by molar-refractivity contribution is -0.872. The number of carboxylic acid groups (broad SMARTS) is 1. The van der Waals surface area contributed by atoms with Gasteiger partial charge in [0.1, 0.15) is 5.75 Å². The summed E-state index contributed by atoms with van der Waals surface area (Å²) in [6.07, 6.45) is 1.34. The first-order valence-electron chi connectivity index (χ1n) is 6.41. The van der Waals surface area contributed by atoms with E-state index >= 15 is 0 Å². The highest BCUT2D eigenvalue weighted by Gasteiger charge is 2.41. The molecule has 0 amide bonds. The third kappa shape index (κ3) is 5.30. The van der Waals surface area contributed by atoms with Gasteiger partial charge >= 0.3 is 0 Å². The number of rotatable bonds is 4. The molecule has 1 aromatic carbocycles. The van der Waals surface area contributed by atoms with Crippen molar-refractivity contribution in [3.63, 3.8) is 0 Å². The van der Waals surface area contributed by atoms with Gasteiger partial charge in [-0.25, -0.2) is 0 Å². The molecule has 2 rings (SSSR count). The molecule has 106 valence electrons. The third-order valence-electron chi connectivity index (χ3n) is 3.23. The van der Waals surface area contributed by atoms with Crippen LogP contribution in [0.25, 0.3) is 0 Å². The molecule has 1 aliphatic carbocycles. The fraction of sp³-hybridized carbons (Fsp3) is 0.533. The van der Waals surface area contributed by atoms with Crippen molar-refractivity contribution in [2.75, 3.05) is 34.8 Å². The van der Waals surface area contributed by atoms with Gasteiger partial charge in [0.2, 0.25) is 0 Å². The van der Waals surface area contributed by atoms with Gasteiger partial charge in [-0.3, -0.25) is 0 Å². The van der Waals surface area contributed by atoms with Crippen molar-refractivity contribution in [2.45, 2.75) is 12.3 Å². The molecule has 1 fully saturated rings. The van der Waals surface area contributed by atoms with Gasteiger partial charge in [-0.05, 0) is 30.0 Å². The predicted molar refractivity (Wildman–Crippen MR) is 72.8 cm³/mol. The van der Waals surface area contributed by atoms with E-state index < -0.39 is 6.47 Å². The Morgan fingerprint density at radius 2 is 2.05 bits per heavy atom. The molecule has 0 radical (unpaired) electrons. The molecule has 0 heterocycles.